The van der Waals surface area contributed by atoms with Crippen LogP contribution in [0.3, 0.4) is 0 Å². The minimum absolute atomic E-state index is 0.582. The molecule has 1 rings (SSSR count). The first-order chi connectivity index (χ1) is 8.19. The summed E-state index contributed by atoms with van der Waals surface area (Å²) >= 11 is 0. The van der Waals surface area contributed by atoms with Crippen molar-refractivity contribution in [1.29, 1.82) is 0 Å². The fraction of sp³-hybridized carbons (Fsp3) is 0.625. The maximum atomic E-state index is 3.49. The van der Waals surface area contributed by atoms with Gasteiger partial charge in [0, 0.05) is 6.04 Å². The van der Waals surface area contributed by atoms with Gasteiger partial charge in [-0.05, 0) is 30.9 Å². The van der Waals surface area contributed by atoms with E-state index in [2.05, 4.69) is 63.5 Å². The molecule has 3 unspecified atom stereocenters. The minimum Gasteiger partial charge on any atom is -0.316 e. The van der Waals surface area contributed by atoms with Crippen molar-refractivity contribution < 1.29 is 0 Å². The molecule has 0 saturated carbocycles. The molecular weight excluding hydrogens is 206 g/mol. The number of likely N-dealkylation sites (N-methyl/N-ethyl adjacent to an activating group) is 1. The van der Waals surface area contributed by atoms with Crippen molar-refractivity contribution in [3.05, 3.63) is 35.9 Å². The van der Waals surface area contributed by atoms with E-state index in [1.54, 1.807) is 0 Å². The van der Waals surface area contributed by atoms with Crippen LogP contribution in [0.1, 0.15) is 51.5 Å². The molecule has 0 aliphatic heterocycles. The van der Waals surface area contributed by atoms with Crippen LogP contribution in [0.5, 0.6) is 0 Å². The van der Waals surface area contributed by atoms with Gasteiger partial charge in [-0.25, -0.2) is 0 Å². The average Bonchev–Trinajstić information content (AvgIpc) is 2.36. The lowest BCUT2D eigenvalue weighted by atomic mass is 9.86. The molecule has 0 radical (unpaired) electrons. The van der Waals surface area contributed by atoms with E-state index in [-0.39, 0.29) is 0 Å². The van der Waals surface area contributed by atoms with E-state index in [1.807, 2.05) is 0 Å². The van der Waals surface area contributed by atoms with Crippen molar-refractivity contribution in [2.75, 3.05) is 7.05 Å². The van der Waals surface area contributed by atoms with Gasteiger partial charge in [0.15, 0.2) is 0 Å². The summed E-state index contributed by atoms with van der Waals surface area (Å²) in [6.45, 7) is 6.96. The zero-order valence-corrected chi connectivity index (χ0v) is 11.7. The van der Waals surface area contributed by atoms with Crippen molar-refractivity contribution in [2.45, 2.75) is 52.0 Å². The lowest BCUT2D eigenvalue weighted by Gasteiger charge is -2.26. The molecule has 1 aromatic carbocycles. The second-order valence-electron chi connectivity index (χ2n) is 5.22. The van der Waals surface area contributed by atoms with Gasteiger partial charge in [0.1, 0.15) is 0 Å². The summed E-state index contributed by atoms with van der Waals surface area (Å²) in [5.41, 5.74) is 1.44. The van der Waals surface area contributed by atoms with Gasteiger partial charge in [0.2, 0.25) is 0 Å². The first kappa shape index (κ1) is 14.2. The van der Waals surface area contributed by atoms with Crippen LogP contribution in [0, 0.1) is 5.92 Å². The van der Waals surface area contributed by atoms with Gasteiger partial charge in [-0.3, -0.25) is 0 Å². The van der Waals surface area contributed by atoms with Crippen LogP contribution in [-0.4, -0.2) is 13.1 Å². The first-order valence-electron chi connectivity index (χ1n) is 6.91. The second kappa shape index (κ2) is 7.50. The van der Waals surface area contributed by atoms with Crippen LogP contribution in [0.15, 0.2) is 30.3 Å². The molecule has 0 spiro atoms. The van der Waals surface area contributed by atoms with Crippen LogP contribution in [-0.2, 0) is 0 Å². The second-order valence-corrected chi connectivity index (χ2v) is 5.22. The molecule has 0 fully saturated rings. The average molecular weight is 233 g/mol. The van der Waals surface area contributed by atoms with Gasteiger partial charge >= 0.3 is 0 Å². The number of benzene rings is 1. The normalized spacial score (nSPS) is 16.5. The summed E-state index contributed by atoms with van der Waals surface area (Å²) in [6.07, 6.45) is 3.89. The number of rotatable bonds is 7. The zero-order valence-electron chi connectivity index (χ0n) is 11.7. The van der Waals surface area contributed by atoms with Crippen molar-refractivity contribution in [1.82, 2.24) is 5.32 Å². The summed E-state index contributed by atoms with van der Waals surface area (Å²) in [4.78, 5) is 0. The summed E-state index contributed by atoms with van der Waals surface area (Å²) in [7, 11) is 2.09. The Morgan fingerprint density at radius 3 is 2.29 bits per heavy atom. The predicted octanol–water partition coefficient (Wildman–Crippen LogP) is 4.20. The first-order valence-corrected chi connectivity index (χ1v) is 6.91. The quantitative estimate of drug-likeness (QED) is 0.744. The standard InChI is InChI=1S/C16H27N/c1-5-9-13(2)12-16(17-4)14(3)15-10-7-6-8-11-15/h6-8,10-11,13-14,16-17H,5,9,12H2,1-4H3. The lowest BCUT2D eigenvalue weighted by Crippen LogP contribution is -2.32. The molecule has 0 aliphatic carbocycles. The van der Waals surface area contributed by atoms with Crippen molar-refractivity contribution in [3.63, 3.8) is 0 Å². The lowest BCUT2D eigenvalue weighted by molar-refractivity contribution is 0.366. The van der Waals surface area contributed by atoms with Crippen molar-refractivity contribution in [2.24, 2.45) is 5.92 Å². The summed E-state index contributed by atoms with van der Waals surface area (Å²) in [5, 5.41) is 3.49. The van der Waals surface area contributed by atoms with Crippen molar-refractivity contribution >= 4 is 0 Å². The molecule has 1 N–H and O–H groups in total. The van der Waals surface area contributed by atoms with Crippen LogP contribution in [0.25, 0.3) is 0 Å². The van der Waals surface area contributed by atoms with Crippen molar-refractivity contribution in [3.8, 4) is 0 Å². The highest BCUT2D eigenvalue weighted by molar-refractivity contribution is 5.20. The molecule has 0 saturated heterocycles. The molecule has 0 bridgehead atoms. The third-order valence-electron chi connectivity index (χ3n) is 3.74. The monoisotopic (exact) mass is 233 g/mol. The predicted molar refractivity (Wildman–Crippen MR) is 76.4 cm³/mol. The van der Waals surface area contributed by atoms with E-state index in [9.17, 15) is 0 Å². The summed E-state index contributed by atoms with van der Waals surface area (Å²) < 4.78 is 0. The maximum absolute atomic E-state index is 3.49. The van der Waals surface area contributed by atoms with Crippen LogP contribution in [0.4, 0.5) is 0 Å². The molecule has 0 aromatic heterocycles. The van der Waals surface area contributed by atoms with Crippen LogP contribution < -0.4 is 5.32 Å². The zero-order chi connectivity index (χ0) is 12.7. The van der Waals surface area contributed by atoms with Gasteiger partial charge < -0.3 is 5.32 Å². The summed E-state index contributed by atoms with van der Waals surface area (Å²) in [6, 6.07) is 11.4. The van der Waals surface area contributed by atoms with E-state index in [0.717, 1.165) is 5.92 Å². The third kappa shape index (κ3) is 4.51. The van der Waals surface area contributed by atoms with Gasteiger partial charge in [-0.2, -0.15) is 0 Å². The fourth-order valence-electron chi connectivity index (χ4n) is 2.61. The Bertz CT molecular complexity index is 294. The Morgan fingerprint density at radius 2 is 1.76 bits per heavy atom. The van der Waals surface area contributed by atoms with Gasteiger partial charge in [-0.1, -0.05) is 63.9 Å². The molecule has 17 heavy (non-hydrogen) atoms. The molecule has 1 heteroatoms. The molecule has 0 amide bonds. The number of nitrogens with one attached hydrogen (secondary N) is 1. The van der Waals surface area contributed by atoms with Crippen LogP contribution >= 0.6 is 0 Å². The molecule has 3 atom stereocenters. The smallest absolute Gasteiger partial charge is 0.0133 e. The van der Waals surface area contributed by atoms with E-state index in [1.165, 1.54) is 24.8 Å². The fourth-order valence-corrected chi connectivity index (χ4v) is 2.61. The Labute approximate surface area is 107 Å². The Hall–Kier alpha value is -0.820. The molecule has 0 aliphatic rings. The molecule has 1 aromatic rings. The SMILES string of the molecule is CCCC(C)CC(NC)C(C)c1ccccc1. The minimum atomic E-state index is 0.582. The Kier molecular flexibility index (Phi) is 6.28. The number of hydrogen-bond donors (Lipinski definition) is 1. The van der Waals surface area contributed by atoms with Gasteiger partial charge in [-0.15, -0.1) is 0 Å². The summed E-state index contributed by atoms with van der Waals surface area (Å²) in [5.74, 6) is 1.39. The van der Waals surface area contributed by atoms with Gasteiger partial charge in [0.25, 0.3) is 0 Å². The molecular formula is C16H27N. The Balaban J connectivity index is 2.61. The largest absolute Gasteiger partial charge is 0.316 e. The topological polar surface area (TPSA) is 12.0 Å². The Morgan fingerprint density at radius 1 is 1.12 bits per heavy atom. The van der Waals surface area contributed by atoms with E-state index >= 15 is 0 Å². The molecule has 96 valence electrons. The highest BCUT2D eigenvalue weighted by Crippen LogP contribution is 2.24. The highest BCUT2D eigenvalue weighted by atomic mass is 14.9. The molecule has 0 heterocycles. The maximum Gasteiger partial charge on any atom is 0.0133 e. The highest BCUT2D eigenvalue weighted by Gasteiger charge is 2.19. The van der Waals surface area contributed by atoms with Crippen LogP contribution in [0.2, 0.25) is 0 Å². The number of hydrogen-bond acceptors (Lipinski definition) is 1. The van der Waals surface area contributed by atoms with Gasteiger partial charge in [0.05, 0.1) is 0 Å². The molecule has 1 nitrogen and oxygen atoms in total. The van der Waals surface area contributed by atoms with E-state index in [0.29, 0.717) is 12.0 Å². The van der Waals surface area contributed by atoms with E-state index in [4.69, 9.17) is 0 Å². The third-order valence-corrected chi connectivity index (χ3v) is 3.74. The van der Waals surface area contributed by atoms with E-state index < -0.39 is 0 Å².